The van der Waals surface area contributed by atoms with Crippen molar-refractivity contribution in [2.75, 3.05) is 18.4 Å². The Morgan fingerprint density at radius 3 is 2.62 bits per heavy atom. The van der Waals surface area contributed by atoms with Crippen molar-refractivity contribution in [3.05, 3.63) is 77.6 Å². The minimum atomic E-state index is -4.37. The van der Waals surface area contributed by atoms with E-state index in [4.69, 9.17) is 4.74 Å². The lowest BCUT2D eigenvalue weighted by Gasteiger charge is -2.14. The highest BCUT2D eigenvalue weighted by Crippen LogP contribution is 2.33. The molecular weight excluding hydrogens is 495 g/mol. The van der Waals surface area contributed by atoms with E-state index in [2.05, 4.69) is 15.6 Å². The van der Waals surface area contributed by atoms with E-state index in [-0.39, 0.29) is 23.1 Å². The standard InChI is InChI=1S/C26H23F5N4O2/c1-3-32-25(36)18-8-7-16(11-15(18)2)21-13-34-24-20(33-10-9-26(29,30)31)12-17(14-35(21)24)37-22-6-4-5-19(27)23(22)28/h4-8,11-14,33H,3,9-10H2,1-2H3,(H,32,36). The molecule has 6 nitrogen and oxygen atoms in total. The summed E-state index contributed by atoms with van der Waals surface area (Å²) in [5.74, 6) is -2.86. The van der Waals surface area contributed by atoms with Crippen LogP contribution in [0.15, 0.2) is 54.9 Å². The zero-order valence-electron chi connectivity index (χ0n) is 19.9. The molecular formula is C26H23F5N4O2. The monoisotopic (exact) mass is 518 g/mol. The van der Waals surface area contributed by atoms with Crippen LogP contribution in [0.1, 0.15) is 29.3 Å². The Labute approximate surface area is 209 Å². The minimum absolute atomic E-state index is 0.0430. The lowest BCUT2D eigenvalue weighted by molar-refractivity contribution is -0.131. The number of imidazole rings is 1. The van der Waals surface area contributed by atoms with Crippen LogP contribution in [0.5, 0.6) is 11.5 Å². The van der Waals surface area contributed by atoms with E-state index < -0.39 is 30.8 Å². The molecule has 4 rings (SSSR count). The van der Waals surface area contributed by atoms with E-state index in [1.807, 2.05) is 6.92 Å². The molecule has 11 heteroatoms. The Morgan fingerprint density at radius 2 is 1.92 bits per heavy atom. The molecule has 2 N–H and O–H groups in total. The maximum atomic E-state index is 14.2. The van der Waals surface area contributed by atoms with Crippen LogP contribution in [-0.4, -0.2) is 34.6 Å². The molecule has 194 valence electrons. The van der Waals surface area contributed by atoms with Crippen LogP contribution in [0, 0.1) is 18.6 Å². The first-order chi connectivity index (χ1) is 17.6. The fraction of sp³-hybridized carbons (Fsp3) is 0.231. The number of fused-ring (bicyclic) bond motifs is 1. The quantitative estimate of drug-likeness (QED) is 0.262. The zero-order valence-corrected chi connectivity index (χ0v) is 19.9. The number of hydrogen-bond donors (Lipinski definition) is 2. The second-order valence-corrected chi connectivity index (χ2v) is 8.26. The van der Waals surface area contributed by atoms with Gasteiger partial charge in [-0.05, 0) is 43.7 Å². The van der Waals surface area contributed by atoms with Gasteiger partial charge in [0.05, 0.1) is 30.2 Å². The molecule has 0 unspecified atom stereocenters. The molecule has 0 bridgehead atoms. The maximum absolute atomic E-state index is 14.2. The van der Waals surface area contributed by atoms with E-state index in [1.165, 1.54) is 30.6 Å². The van der Waals surface area contributed by atoms with Gasteiger partial charge >= 0.3 is 6.18 Å². The topological polar surface area (TPSA) is 67.7 Å². The van der Waals surface area contributed by atoms with Crippen LogP contribution in [-0.2, 0) is 0 Å². The van der Waals surface area contributed by atoms with E-state index in [9.17, 15) is 26.7 Å². The number of aryl methyl sites for hydroxylation is 1. The Morgan fingerprint density at radius 1 is 1.14 bits per heavy atom. The average Bonchev–Trinajstić information content (AvgIpc) is 3.25. The van der Waals surface area contributed by atoms with Crippen molar-refractivity contribution >= 4 is 17.2 Å². The Hall–Kier alpha value is -4.15. The number of ether oxygens (including phenoxy) is 1. The fourth-order valence-electron chi connectivity index (χ4n) is 3.82. The maximum Gasteiger partial charge on any atom is 0.390 e. The van der Waals surface area contributed by atoms with Gasteiger partial charge in [0.2, 0.25) is 5.82 Å². The summed E-state index contributed by atoms with van der Waals surface area (Å²) < 4.78 is 73.3. The molecule has 1 amide bonds. The van der Waals surface area contributed by atoms with Crippen LogP contribution in [0.25, 0.3) is 16.9 Å². The van der Waals surface area contributed by atoms with Gasteiger partial charge in [-0.15, -0.1) is 0 Å². The third-order valence-corrected chi connectivity index (χ3v) is 5.55. The first kappa shape index (κ1) is 25.9. The van der Waals surface area contributed by atoms with Crippen LogP contribution in [0.2, 0.25) is 0 Å². The zero-order chi connectivity index (χ0) is 26.7. The van der Waals surface area contributed by atoms with Gasteiger partial charge in [-0.25, -0.2) is 9.37 Å². The summed E-state index contributed by atoms with van der Waals surface area (Å²) in [5.41, 5.74) is 2.93. The summed E-state index contributed by atoms with van der Waals surface area (Å²) in [4.78, 5) is 16.6. The second-order valence-electron chi connectivity index (χ2n) is 8.26. The third kappa shape index (κ3) is 5.82. The molecule has 2 heterocycles. The van der Waals surface area contributed by atoms with Crippen LogP contribution < -0.4 is 15.4 Å². The number of rotatable bonds is 8. The number of nitrogens with one attached hydrogen (secondary N) is 2. The van der Waals surface area contributed by atoms with Gasteiger partial charge in [-0.2, -0.15) is 17.6 Å². The Bertz CT molecular complexity index is 1450. The van der Waals surface area contributed by atoms with Gasteiger partial charge in [0.15, 0.2) is 17.2 Å². The summed E-state index contributed by atoms with van der Waals surface area (Å²) in [6.07, 6.45) is -2.45. The largest absolute Gasteiger partial charge is 0.453 e. The summed E-state index contributed by atoms with van der Waals surface area (Å²) in [5, 5.41) is 5.45. The smallest absolute Gasteiger partial charge is 0.390 e. The molecule has 4 aromatic rings. The number of benzene rings is 2. The molecule has 37 heavy (non-hydrogen) atoms. The van der Waals surface area contributed by atoms with Gasteiger partial charge in [-0.3, -0.25) is 9.20 Å². The van der Waals surface area contributed by atoms with Gasteiger partial charge in [0.25, 0.3) is 5.91 Å². The summed E-state index contributed by atoms with van der Waals surface area (Å²) >= 11 is 0. The second kappa shape index (κ2) is 10.5. The first-order valence-electron chi connectivity index (χ1n) is 11.4. The predicted molar refractivity (Wildman–Crippen MR) is 129 cm³/mol. The highest BCUT2D eigenvalue weighted by atomic mass is 19.4. The third-order valence-electron chi connectivity index (χ3n) is 5.55. The van der Waals surface area contributed by atoms with E-state index in [0.29, 0.717) is 34.6 Å². The van der Waals surface area contributed by atoms with Gasteiger partial charge in [-0.1, -0.05) is 12.1 Å². The highest BCUT2D eigenvalue weighted by molar-refractivity contribution is 5.96. The van der Waals surface area contributed by atoms with Crippen molar-refractivity contribution in [3.8, 4) is 22.8 Å². The highest BCUT2D eigenvalue weighted by Gasteiger charge is 2.26. The Kier molecular flexibility index (Phi) is 7.33. The van der Waals surface area contributed by atoms with Crippen LogP contribution >= 0.6 is 0 Å². The normalized spacial score (nSPS) is 11.5. The molecule has 0 saturated heterocycles. The predicted octanol–water partition coefficient (Wildman–Crippen LogP) is 6.49. The number of carbonyl (C=O) groups excluding carboxylic acids is 1. The molecule has 0 radical (unpaired) electrons. The molecule has 2 aromatic heterocycles. The molecule has 0 aliphatic rings. The number of amides is 1. The van der Waals surface area contributed by atoms with E-state index in [0.717, 1.165) is 6.07 Å². The van der Waals surface area contributed by atoms with Crippen molar-refractivity contribution in [2.45, 2.75) is 26.4 Å². The molecule has 0 spiro atoms. The molecule has 0 aliphatic heterocycles. The van der Waals surface area contributed by atoms with E-state index in [1.54, 1.807) is 29.5 Å². The number of carbonyl (C=O) groups is 1. The van der Waals surface area contributed by atoms with Gasteiger partial charge in [0, 0.05) is 30.3 Å². The lowest BCUT2D eigenvalue weighted by Crippen LogP contribution is -2.23. The number of alkyl halides is 3. The average molecular weight is 518 g/mol. The number of nitrogens with zero attached hydrogens (tertiary/aromatic N) is 2. The van der Waals surface area contributed by atoms with Crippen molar-refractivity contribution in [1.82, 2.24) is 14.7 Å². The summed E-state index contributed by atoms with van der Waals surface area (Å²) in [6.45, 7) is 3.64. The first-order valence-corrected chi connectivity index (χ1v) is 11.4. The fourth-order valence-corrected chi connectivity index (χ4v) is 3.82. The number of halogens is 5. The molecule has 0 atom stereocenters. The van der Waals surface area contributed by atoms with Crippen molar-refractivity contribution in [2.24, 2.45) is 0 Å². The van der Waals surface area contributed by atoms with Crippen molar-refractivity contribution in [1.29, 1.82) is 0 Å². The Balaban J connectivity index is 1.77. The molecule has 0 fully saturated rings. The SMILES string of the molecule is CCNC(=O)c1ccc(-c2cnc3c(NCCC(F)(F)F)cc(Oc4cccc(F)c4F)cn23)cc1C. The number of hydrogen-bond acceptors (Lipinski definition) is 4. The molecule has 0 aliphatic carbocycles. The lowest BCUT2D eigenvalue weighted by atomic mass is 10.0. The van der Waals surface area contributed by atoms with Gasteiger partial charge in [0.1, 0.15) is 5.75 Å². The minimum Gasteiger partial charge on any atom is -0.453 e. The molecule has 0 saturated carbocycles. The number of anilines is 1. The summed E-state index contributed by atoms with van der Waals surface area (Å²) in [7, 11) is 0. The van der Waals surface area contributed by atoms with E-state index >= 15 is 0 Å². The number of aromatic nitrogens is 2. The van der Waals surface area contributed by atoms with Crippen molar-refractivity contribution < 1.29 is 31.5 Å². The van der Waals surface area contributed by atoms with Crippen LogP contribution in [0.4, 0.5) is 27.6 Å². The molecule has 2 aromatic carbocycles. The summed E-state index contributed by atoms with van der Waals surface area (Å²) in [6, 6.07) is 9.99. The number of pyridine rings is 1. The van der Waals surface area contributed by atoms with Crippen molar-refractivity contribution in [3.63, 3.8) is 0 Å². The van der Waals surface area contributed by atoms with Crippen LogP contribution in [0.3, 0.4) is 0 Å². The van der Waals surface area contributed by atoms with Gasteiger partial charge < -0.3 is 15.4 Å².